The Bertz CT molecular complexity index is 726. The smallest absolute Gasteiger partial charge is 0.287 e. The van der Waals surface area contributed by atoms with Gasteiger partial charge in [0.2, 0.25) is 0 Å². The van der Waals surface area contributed by atoms with E-state index in [9.17, 15) is 9.90 Å². The van der Waals surface area contributed by atoms with Crippen molar-refractivity contribution in [1.29, 1.82) is 0 Å². The van der Waals surface area contributed by atoms with Crippen molar-refractivity contribution >= 4 is 17.3 Å². The molecule has 23 heavy (non-hydrogen) atoms. The molecular formula is C16H20ClN3O3. The lowest BCUT2D eigenvalue weighted by atomic mass is 10.1. The maximum atomic E-state index is 11.7. The highest BCUT2D eigenvalue weighted by molar-refractivity contribution is 6.32. The molecule has 0 bridgehead atoms. The number of para-hydroxylation sites is 1. The van der Waals surface area contributed by atoms with Crippen LogP contribution in [0.5, 0.6) is 5.75 Å². The zero-order valence-corrected chi connectivity index (χ0v) is 14.1. The van der Waals surface area contributed by atoms with Crippen molar-refractivity contribution in [3.05, 3.63) is 50.9 Å². The molecule has 0 saturated carbocycles. The number of benzene rings is 1. The van der Waals surface area contributed by atoms with E-state index in [1.807, 2.05) is 32.0 Å². The number of aliphatic hydroxyl groups excluding tert-OH is 1. The van der Waals surface area contributed by atoms with E-state index in [0.717, 1.165) is 21.6 Å². The molecule has 2 aromatic rings. The molecule has 1 aromatic heterocycles. The fraction of sp³-hybridized carbons (Fsp3) is 0.375. The van der Waals surface area contributed by atoms with Crippen LogP contribution in [-0.4, -0.2) is 34.1 Å². The fourth-order valence-electron chi connectivity index (χ4n) is 2.13. The summed E-state index contributed by atoms with van der Waals surface area (Å²) in [5.41, 5.74) is 2.03. The van der Waals surface area contributed by atoms with E-state index in [2.05, 4.69) is 10.4 Å². The Labute approximate surface area is 139 Å². The number of ether oxygens (including phenoxy) is 1. The minimum atomic E-state index is -0.755. The lowest BCUT2D eigenvalue weighted by molar-refractivity contribution is 0.117. The Morgan fingerprint density at radius 2 is 2.04 bits per heavy atom. The molecule has 0 spiro atoms. The molecule has 7 heteroatoms. The summed E-state index contributed by atoms with van der Waals surface area (Å²) in [4.78, 5) is 11.7. The molecule has 2 rings (SSSR count). The van der Waals surface area contributed by atoms with Gasteiger partial charge in [0, 0.05) is 13.6 Å². The maximum absolute atomic E-state index is 11.7. The van der Waals surface area contributed by atoms with Gasteiger partial charge in [0.05, 0.1) is 11.9 Å². The van der Waals surface area contributed by atoms with Crippen molar-refractivity contribution in [3.63, 3.8) is 0 Å². The second kappa shape index (κ2) is 7.48. The Balaban J connectivity index is 1.92. The van der Waals surface area contributed by atoms with Crippen LogP contribution in [0.1, 0.15) is 11.1 Å². The number of rotatable bonds is 6. The average Bonchev–Trinajstić information content (AvgIpc) is 2.51. The molecule has 0 aliphatic carbocycles. The maximum Gasteiger partial charge on any atom is 0.287 e. The van der Waals surface area contributed by atoms with Gasteiger partial charge in [-0.15, -0.1) is 0 Å². The molecule has 0 amide bonds. The van der Waals surface area contributed by atoms with Crippen molar-refractivity contribution in [2.24, 2.45) is 7.05 Å². The van der Waals surface area contributed by atoms with E-state index in [0.29, 0.717) is 5.69 Å². The number of aliphatic hydroxyl groups is 1. The molecule has 1 aromatic carbocycles. The van der Waals surface area contributed by atoms with Crippen LogP contribution in [0.15, 0.2) is 29.2 Å². The second-order valence-corrected chi connectivity index (χ2v) is 5.75. The number of hydrogen-bond acceptors (Lipinski definition) is 5. The summed E-state index contributed by atoms with van der Waals surface area (Å²) in [5.74, 6) is 0.778. The quantitative estimate of drug-likeness (QED) is 0.842. The minimum absolute atomic E-state index is 0.0466. The van der Waals surface area contributed by atoms with Gasteiger partial charge in [0.25, 0.3) is 5.56 Å². The number of nitrogens with zero attached hydrogens (tertiary/aromatic N) is 2. The monoisotopic (exact) mass is 337 g/mol. The number of aromatic nitrogens is 2. The van der Waals surface area contributed by atoms with E-state index < -0.39 is 11.7 Å². The van der Waals surface area contributed by atoms with Crippen LogP contribution in [0.2, 0.25) is 5.02 Å². The van der Waals surface area contributed by atoms with Crippen LogP contribution in [-0.2, 0) is 7.05 Å². The van der Waals surface area contributed by atoms with E-state index in [-0.39, 0.29) is 18.2 Å². The molecule has 0 aliphatic heterocycles. The fourth-order valence-corrected chi connectivity index (χ4v) is 2.36. The van der Waals surface area contributed by atoms with Crippen molar-refractivity contribution in [3.8, 4) is 5.75 Å². The summed E-state index contributed by atoms with van der Waals surface area (Å²) >= 11 is 5.95. The SMILES string of the molecule is Cc1cccc(C)c1OC[C@@H](O)CNc1cnn(C)c(=O)c1Cl. The minimum Gasteiger partial charge on any atom is -0.490 e. The third-order valence-electron chi connectivity index (χ3n) is 3.44. The van der Waals surface area contributed by atoms with Crippen molar-refractivity contribution < 1.29 is 9.84 Å². The highest BCUT2D eigenvalue weighted by Gasteiger charge is 2.11. The zero-order valence-electron chi connectivity index (χ0n) is 13.3. The average molecular weight is 338 g/mol. The van der Waals surface area contributed by atoms with E-state index in [4.69, 9.17) is 16.3 Å². The number of halogens is 1. The molecule has 1 atom stereocenters. The highest BCUT2D eigenvalue weighted by atomic mass is 35.5. The summed E-state index contributed by atoms with van der Waals surface area (Å²) in [5, 5.41) is 16.9. The molecule has 0 fully saturated rings. The topological polar surface area (TPSA) is 76.4 Å². The van der Waals surface area contributed by atoms with Gasteiger partial charge >= 0.3 is 0 Å². The summed E-state index contributed by atoms with van der Waals surface area (Å²) < 4.78 is 6.83. The van der Waals surface area contributed by atoms with E-state index in [1.165, 1.54) is 13.2 Å². The molecule has 2 N–H and O–H groups in total. The van der Waals surface area contributed by atoms with Crippen LogP contribution in [0.3, 0.4) is 0 Å². The van der Waals surface area contributed by atoms with Crippen molar-refractivity contribution in [1.82, 2.24) is 9.78 Å². The highest BCUT2D eigenvalue weighted by Crippen LogP contribution is 2.22. The number of hydrogen-bond donors (Lipinski definition) is 2. The Morgan fingerprint density at radius 3 is 2.70 bits per heavy atom. The van der Waals surface area contributed by atoms with Crippen LogP contribution in [0.4, 0.5) is 5.69 Å². The van der Waals surface area contributed by atoms with Crippen molar-refractivity contribution in [2.75, 3.05) is 18.5 Å². The first-order valence-corrected chi connectivity index (χ1v) is 7.60. The van der Waals surface area contributed by atoms with Gasteiger partial charge in [-0.25, -0.2) is 4.68 Å². The number of nitrogens with one attached hydrogen (secondary N) is 1. The summed E-state index contributed by atoms with van der Waals surface area (Å²) in [7, 11) is 1.52. The first-order chi connectivity index (χ1) is 10.9. The molecule has 1 heterocycles. The molecular weight excluding hydrogens is 318 g/mol. The zero-order chi connectivity index (χ0) is 17.0. The summed E-state index contributed by atoms with van der Waals surface area (Å²) in [6.45, 7) is 4.24. The van der Waals surface area contributed by atoms with Gasteiger partial charge in [-0.05, 0) is 25.0 Å². The largest absolute Gasteiger partial charge is 0.490 e. The first kappa shape index (κ1) is 17.3. The summed E-state index contributed by atoms with van der Waals surface area (Å²) in [6, 6.07) is 5.87. The van der Waals surface area contributed by atoms with Crippen LogP contribution in [0.25, 0.3) is 0 Å². The third-order valence-corrected chi connectivity index (χ3v) is 3.80. The Hall–Kier alpha value is -2.05. The van der Waals surface area contributed by atoms with Crippen LogP contribution >= 0.6 is 11.6 Å². The van der Waals surface area contributed by atoms with Gasteiger partial charge in [0.15, 0.2) is 0 Å². The standard InChI is InChI=1S/C16H20ClN3O3/c1-10-5-4-6-11(2)15(10)23-9-12(21)7-18-13-8-19-20(3)16(22)14(13)17/h4-6,8,12,18,21H,7,9H2,1-3H3/t12-/m0/s1. The van der Waals surface area contributed by atoms with E-state index >= 15 is 0 Å². The predicted octanol–water partition coefficient (Wildman–Crippen LogP) is 1.90. The third kappa shape index (κ3) is 4.24. The normalized spacial score (nSPS) is 12.0. The van der Waals surface area contributed by atoms with Gasteiger partial charge in [-0.2, -0.15) is 5.10 Å². The molecule has 0 aliphatic rings. The Kier molecular flexibility index (Phi) is 5.63. The van der Waals surface area contributed by atoms with Gasteiger partial charge in [-0.3, -0.25) is 4.79 Å². The van der Waals surface area contributed by atoms with E-state index in [1.54, 1.807) is 0 Å². The predicted molar refractivity (Wildman–Crippen MR) is 90.4 cm³/mol. The van der Waals surface area contributed by atoms with Crippen molar-refractivity contribution in [2.45, 2.75) is 20.0 Å². The van der Waals surface area contributed by atoms with Crippen LogP contribution in [0, 0.1) is 13.8 Å². The van der Waals surface area contributed by atoms with Gasteiger partial charge < -0.3 is 15.2 Å². The molecule has 0 radical (unpaired) electrons. The molecule has 124 valence electrons. The van der Waals surface area contributed by atoms with Crippen LogP contribution < -0.4 is 15.6 Å². The number of anilines is 1. The van der Waals surface area contributed by atoms with Gasteiger partial charge in [0.1, 0.15) is 23.5 Å². The molecule has 0 unspecified atom stereocenters. The lowest BCUT2D eigenvalue weighted by Crippen LogP contribution is -2.28. The summed E-state index contributed by atoms with van der Waals surface area (Å²) in [6.07, 6.45) is 0.692. The second-order valence-electron chi connectivity index (χ2n) is 5.37. The first-order valence-electron chi connectivity index (χ1n) is 7.23. The molecule has 0 saturated heterocycles. The lowest BCUT2D eigenvalue weighted by Gasteiger charge is -2.16. The van der Waals surface area contributed by atoms with Gasteiger partial charge in [-0.1, -0.05) is 29.8 Å². The Morgan fingerprint density at radius 1 is 1.39 bits per heavy atom. The molecule has 6 nitrogen and oxygen atoms in total. The number of aryl methyl sites for hydroxylation is 3.